The summed E-state index contributed by atoms with van der Waals surface area (Å²) in [4.78, 5) is 22.9. The van der Waals surface area contributed by atoms with Gasteiger partial charge in [-0.15, -0.1) is 0 Å². The van der Waals surface area contributed by atoms with Crippen LogP contribution >= 0.6 is 0 Å². The Kier molecular flexibility index (Phi) is 4.89. The second-order valence-corrected chi connectivity index (χ2v) is 6.33. The summed E-state index contributed by atoms with van der Waals surface area (Å²) in [5.41, 5.74) is 8.92. The van der Waals surface area contributed by atoms with Crippen LogP contribution in [0, 0.1) is 19.8 Å². The first-order valence-corrected chi connectivity index (χ1v) is 8.30. The van der Waals surface area contributed by atoms with E-state index in [1.807, 2.05) is 18.7 Å². The predicted molar refractivity (Wildman–Crippen MR) is 89.1 cm³/mol. The van der Waals surface area contributed by atoms with Gasteiger partial charge in [-0.3, -0.25) is 9.78 Å². The zero-order chi connectivity index (χ0) is 17.1. The summed E-state index contributed by atoms with van der Waals surface area (Å²) < 4.78 is 5.21. The maximum Gasteiger partial charge on any atom is 0.223 e. The average molecular weight is 329 g/mol. The number of nitrogens with two attached hydrogens (primary N) is 1. The second kappa shape index (κ2) is 7.09. The molecule has 1 aliphatic heterocycles. The molecule has 1 amide bonds. The molecule has 1 aliphatic rings. The van der Waals surface area contributed by atoms with E-state index in [4.69, 9.17) is 15.2 Å². The molecule has 0 aliphatic carbocycles. The molecule has 0 aromatic carbocycles. The van der Waals surface area contributed by atoms with Gasteiger partial charge in [-0.1, -0.05) is 5.16 Å². The lowest BCUT2D eigenvalue weighted by molar-refractivity contribution is -0.130. The summed E-state index contributed by atoms with van der Waals surface area (Å²) in [5.74, 6) is 1.31. The minimum atomic E-state index is 0.149. The van der Waals surface area contributed by atoms with Crippen LogP contribution in [0.2, 0.25) is 0 Å². The molecule has 0 spiro atoms. The highest BCUT2D eigenvalue weighted by atomic mass is 16.5. The smallest absolute Gasteiger partial charge is 0.223 e. The van der Waals surface area contributed by atoms with Gasteiger partial charge in [-0.25, -0.2) is 4.98 Å². The largest absolute Gasteiger partial charge is 0.361 e. The number of hydrogen-bond acceptors (Lipinski definition) is 6. The summed E-state index contributed by atoms with van der Waals surface area (Å²) in [6, 6.07) is 0. The minimum Gasteiger partial charge on any atom is -0.361 e. The molecule has 1 atom stereocenters. The van der Waals surface area contributed by atoms with E-state index in [9.17, 15) is 4.79 Å². The molecule has 1 saturated heterocycles. The van der Waals surface area contributed by atoms with E-state index in [1.165, 1.54) is 0 Å². The third kappa shape index (κ3) is 3.46. The van der Waals surface area contributed by atoms with E-state index >= 15 is 0 Å². The Bertz CT molecular complexity index is 708. The molecule has 0 saturated carbocycles. The summed E-state index contributed by atoms with van der Waals surface area (Å²) >= 11 is 0. The molecule has 2 aromatic rings. The van der Waals surface area contributed by atoms with E-state index in [-0.39, 0.29) is 5.91 Å². The number of nitrogens with zero attached hydrogens (tertiary/aromatic N) is 4. The Hall–Kier alpha value is -2.28. The van der Waals surface area contributed by atoms with Gasteiger partial charge in [0.05, 0.1) is 28.8 Å². The van der Waals surface area contributed by atoms with Crippen molar-refractivity contribution in [3.63, 3.8) is 0 Å². The van der Waals surface area contributed by atoms with E-state index in [0.717, 1.165) is 54.3 Å². The molecule has 0 radical (unpaired) electrons. The molecular weight excluding hydrogens is 306 g/mol. The van der Waals surface area contributed by atoms with Gasteiger partial charge < -0.3 is 15.2 Å². The summed E-state index contributed by atoms with van der Waals surface area (Å²) in [5, 5.41) is 3.98. The number of aryl methyl sites for hydroxylation is 2. The van der Waals surface area contributed by atoms with Gasteiger partial charge in [0.1, 0.15) is 5.76 Å². The second-order valence-electron chi connectivity index (χ2n) is 6.33. The average Bonchev–Trinajstić information content (AvgIpc) is 3.15. The van der Waals surface area contributed by atoms with Crippen LogP contribution in [0.5, 0.6) is 0 Å². The third-order valence-electron chi connectivity index (χ3n) is 4.47. The number of aromatic nitrogens is 3. The van der Waals surface area contributed by atoms with Gasteiger partial charge in [-0.05, 0) is 32.6 Å². The van der Waals surface area contributed by atoms with Gasteiger partial charge in [0.15, 0.2) is 0 Å². The highest BCUT2D eigenvalue weighted by Crippen LogP contribution is 2.26. The van der Waals surface area contributed by atoms with Crippen molar-refractivity contribution in [3.05, 3.63) is 29.5 Å². The first-order chi connectivity index (χ1) is 11.6. The van der Waals surface area contributed by atoms with E-state index in [1.54, 1.807) is 12.4 Å². The molecular formula is C17H23N5O2. The zero-order valence-corrected chi connectivity index (χ0v) is 14.2. The minimum absolute atomic E-state index is 0.149. The molecule has 128 valence electrons. The first-order valence-electron chi connectivity index (χ1n) is 8.30. The van der Waals surface area contributed by atoms with Crippen LogP contribution in [0.4, 0.5) is 0 Å². The number of carbonyl (C=O) groups excluding carboxylic acids is 1. The molecule has 3 rings (SSSR count). The summed E-state index contributed by atoms with van der Waals surface area (Å²) in [7, 11) is 0. The van der Waals surface area contributed by atoms with Crippen LogP contribution in [0.15, 0.2) is 16.9 Å². The van der Waals surface area contributed by atoms with Gasteiger partial charge in [0.2, 0.25) is 5.91 Å². The van der Waals surface area contributed by atoms with Crippen molar-refractivity contribution in [3.8, 4) is 11.3 Å². The topological polar surface area (TPSA) is 98.1 Å². The van der Waals surface area contributed by atoms with Crippen LogP contribution in [0.25, 0.3) is 11.3 Å². The lowest BCUT2D eigenvalue weighted by Gasteiger charge is -2.16. The SMILES string of the molecule is Cc1noc(C)c1-c1cncc(C[C@@H]2CCN(C(=O)CCN)C2)n1. The molecule has 2 N–H and O–H groups in total. The predicted octanol–water partition coefficient (Wildman–Crippen LogP) is 1.49. The molecule has 7 heteroatoms. The maximum atomic E-state index is 11.9. The lowest BCUT2D eigenvalue weighted by atomic mass is 10.0. The Labute approximate surface area is 141 Å². The van der Waals surface area contributed by atoms with Crippen molar-refractivity contribution in [2.75, 3.05) is 19.6 Å². The van der Waals surface area contributed by atoms with Crippen LogP contribution in [0.1, 0.15) is 30.0 Å². The van der Waals surface area contributed by atoms with Crippen molar-refractivity contribution in [2.24, 2.45) is 11.7 Å². The third-order valence-corrected chi connectivity index (χ3v) is 4.47. The molecule has 7 nitrogen and oxygen atoms in total. The quantitative estimate of drug-likeness (QED) is 0.892. The number of amides is 1. The Morgan fingerprint density at radius 3 is 2.96 bits per heavy atom. The first kappa shape index (κ1) is 16.6. The van der Waals surface area contributed by atoms with Gasteiger partial charge >= 0.3 is 0 Å². The normalized spacial score (nSPS) is 17.5. The van der Waals surface area contributed by atoms with Crippen LogP contribution in [-0.4, -0.2) is 45.6 Å². The van der Waals surface area contributed by atoms with Crippen LogP contribution in [0.3, 0.4) is 0 Å². The number of carbonyl (C=O) groups is 1. The van der Waals surface area contributed by atoms with Gasteiger partial charge in [0, 0.05) is 32.3 Å². The highest BCUT2D eigenvalue weighted by Gasteiger charge is 2.26. The van der Waals surface area contributed by atoms with Crippen molar-refractivity contribution >= 4 is 5.91 Å². The molecule has 0 unspecified atom stereocenters. The number of hydrogen-bond donors (Lipinski definition) is 1. The van der Waals surface area contributed by atoms with E-state index < -0.39 is 0 Å². The summed E-state index contributed by atoms with van der Waals surface area (Å²) in [6.07, 6.45) is 5.77. The van der Waals surface area contributed by atoms with Crippen LogP contribution < -0.4 is 5.73 Å². The monoisotopic (exact) mass is 329 g/mol. The lowest BCUT2D eigenvalue weighted by Crippen LogP contribution is -2.30. The van der Waals surface area contributed by atoms with Crippen molar-refractivity contribution < 1.29 is 9.32 Å². The number of rotatable bonds is 5. The Balaban J connectivity index is 1.69. The van der Waals surface area contributed by atoms with Crippen molar-refractivity contribution in [1.29, 1.82) is 0 Å². The molecule has 0 bridgehead atoms. The zero-order valence-electron chi connectivity index (χ0n) is 14.2. The fraction of sp³-hybridized carbons (Fsp3) is 0.529. The van der Waals surface area contributed by atoms with Gasteiger partial charge in [-0.2, -0.15) is 0 Å². The molecule has 1 fully saturated rings. The summed E-state index contributed by atoms with van der Waals surface area (Å²) in [6.45, 7) is 5.77. The van der Waals surface area contributed by atoms with Crippen molar-refractivity contribution in [1.82, 2.24) is 20.0 Å². The standard InChI is InChI=1S/C17H23N5O2/c1-11-17(12(2)24-21-11)15-9-19-8-14(20-15)7-13-4-6-22(10-13)16(23)3-5-18/h8-9,13H,3-7,10,18H2,1-2H3/t13-/m0/s1. The fourth-order valence-electron chi connectivity index (χ4n) is 3.28. The molecule has 24 heavy (non-hydrogen) atoms. The van der Waals surface area contributed by atoms with Crippen molar-refractivity contribution in [2.45, 2.75) is 33.1 Å². The highest BCUT2D eigenvalue weighted by molar-refractivity contribution is 5.76. The molecule has 3 heterocycles. The maximum absolute atomic E-state index is 11.9. The fourth-order valence-corrected chi connectivity index (χ4v) is 3.28. The Morgan fingerprint density at radius 2 is 2.25 bits per heavy atom. The number of likely N-dealkylation sites (tertiary alicyclic amines) is 1. The molecule has 2 aromatic heterocycles. The van der Waals surface area contributed by atoms with E-state index in [0.29, 0.717) is 18.9 Å². The van der Waals surface area contributed by atoms with Gasteiger partial charge in [0.25, 0.3) is 0 Å². The Morgan fingerprint density at radius 1 is 1.42 bits per heavy atom. The van der Waals surface area contributed by atoms with E-state index in [2.05, 4.69) is 10.1 Å². The van der Waals surface area contributed by atoms with Crippen LogP contribution in [-0.2, 0) is 11.2 Å².